The number of halogens is 2. The van der Waals surface area contributed by atoms with Crippen LogP contribution < -0.4 is 4.80 Å². The van der Waals surface area contributed by atoms with Gasteiger partial charge in [-0.3, -0.25) is 10.1 Å². The standard InChI is InChI=1S/C20H17F2N3O2S/c21-14-7-10-18(17(22)11-14)23-20-24(15-3-1-2-4-15)19(12-28-20)13-5-8-16(9-6-13)25(26)27/h5-12,15H,1-4H2. The lowest BCUT2D eigenvalue weighted by Gasteiger charge is -2.16. The third-order valence-electron chi connectivity index (χ3n) is 4.93. The van der Waals surface area contributed by atoms with Crippen LogP contribution in [0.2, 0.25) is 0 Å². The van der Waals surface area contributed by atoms with Gasteiger partial charge in [-0.1, -0.05) is 12.8 Å². The number of nitro groups is 1. The molecule has 0 amide bonds. The molecule has 1 aliphatic rings. The molecule has 3 aromatic rings. The molecule has 1 fully saturated rings. The highest BCUT2D eigenvalue weighted by Gasteiger charge is 2.22. The van der Waals surface area contributed by atoms with E-state index in [0.717, 1.165) is 43.0 Å². The van der Waals surface area contributed by atoms with Crippen LogP contribution in [0.5, 0.6) is 0 Å². The van der Waals surface area contributed by atoms with Gasteiger partial charge in [0.2, 0.25) is 0 Å². The zero-order chi connectivity index (χ0) is 19.7. The van der Waals surface area contributed by atoms with E-state index < -0.39 is 16.6 Å². The van der Waals surface area contributed by atoms with Gasteiger partial charge in [0.1, 0.15) is 11.5 Å². The summed E-state index contributed by atoms with van der Waals surface area (Å²) in [4.78, 5) is 15.6. The summed E-state index contributed by atoms with van der Waals surface area (Å²) in [5.41, 5.74) is 1.86. The van der Waals surface area contributed by atoms with Crippen LogP contribution in [0.15, 0.2) is 52.8 Å². The lowest BCUT2D eigenvalue weighted by molar-refractivity contribution is -0.384. The van der Waals surface area contributed by atoms with Crippen molar-refractivity contribution >= 4 is 22.7 Å². The Labute approximate surface area is 163 Å². The minimum Gasteiger partial charge on any atom is -0.313 e. The molecular formula is C20H17F2N3O2S. The summed E-state index contributed by atoms with van der Waals surface area (Å²) in [6, 6.07) is 9.96. The van der Waals surface area contributed by atoms with E-state index in [9.17, 15) is 18.9 Å². The van der Waals surface area contributed by atoms with Gasteiger partial charge < -0.3 is 4.57 Å². The van der Waals surface area contributed by atoms with E-state index in [1.165, 1.54) is 35.6 Å². The first-order valence-corrected chi connectivity index (χ1v) is 9.85. The molecule has 0 unspecified atom stereocenters. The van der Waals surface area contributed by atoms with Gasteiger partial charge in [-0.25, -0.2) is 13.8 Å². The van der Waals surface area contributed by atoms with E-state index in [-0.39, 0.29) is 17.4 Å². The van der Waals surface area contributed by atoms with Crippen LogP contribution in [0, 0.1) is 21.7 Å². The second-order valence-electron chi connectivity index (χ2n) is 6.72. The van der Waals surface area contributed by atoms with E-state index in [1.807, 2.05) is 5.38 Å². The number of hydrogen-bond donors (Lipinski definition) is 0. The van der Waals surface area contributed by atoms with Crippen molar-refractivity contribution in [1.29, 1.82) is 0 Å². The van der Waals surface area contributed by atoms with Gasteiger partial charge in [0.15, 0.2) is 10.6 Å². The minimum absolute atomic E-state index is 0.0321. The van der Waals surface area contributed by atoms with Crippen molar-refractivity contribution in [3.05, 3.63) is 74.4 Å². The zero-order valence-corrected chi connectivity index (χ0v) is 15.7. The molecule has 2 aromatic carbocycles. The lowest BCUT2D eigenvalue weighted by Crippen LogP contribution is -2.20. The molecule has 4 rings (SSSR count). The molecule has 1 saturated carbocycles. The van der Waals surface area contributed by atoms with Crippen molar-refractivity contribution in [3.8, 4) is 11.3 Å². The number of nitro benzene ring substituents is 1. The molecule has 0 atom stereocenters. The van der Waals surface area contributed by atoms with Crippen molar-refractivity contribution < 1.29 is 13.7 Å². The molecule has 1 aromatic heterocycles. The number of benzene rings is 2. The van der Waals surface area contributed by atoms with E-state index in [2.05, 4.69) is 9.56 Å². The van der Waals surface area contributed by atoms with E-state index in [1.54, 1.807) is 12.1 Å². The maximum Gasteiger partial charge on any atom is 0.269 e. The van der Waals surface area contributed by atoms with Gasteiger partial charge in [-0.05, 0) is 42.7 Å². The van der Waals surface area contributed by atoms with Crippen LogP contribution in [0.3, 0.4) is 0 Å². The summed E-state index contributed by atoms with van der Waals surface area (Å²) in [7, 11) is 0. The Kier molecular flexibility index (Phi) is 5.04. The van der Waals surface area contributed by atoms with Crippen LogP contribution in [0.25, 0.3) is 11.3 Å². The highest BCUT2D eigenvalue weighted by atomic mass is 32.1. The average Bonchev–Trinajstić information content (AvgIpc) is 3.33. The largest absolute Gasteiger partial charge is 0.313 e. The number of rotatable bonds is 4. The highest BCUT2D eigenvalue weighted by molar-refractivity contribution is 7.07. The van der Waals surface area contributed by atoms with Gasteiger partial charge in [0.25, 0.3) is 5.69 Å². The molecule has 0 saturated heterocycles. The first-order chi connectivity index (χ1) is 13.5. The third kappa shape index (κ3) is 3.60. The van der Waals surface area contributed by atoms with Gasteiger partial charge in [-0.15, -0.1) is 11.3 Å². The van der Waals surface area contributed by atoms with Crippen LogP contribution in [-0.4, -0.2) is 9.49 Å². The lowest BCUT2D eigenvalue weighted by atomic mass is 10.1. The third-order valence-corrected chi connectivity index (χ3v) is 5.77. The molecule has 8 heteroatoms. The van der Waals surface area contributed by atoms with Crippen molar-refractivity contribution in [1.82, 2.24) is 4.57 Å². The molecule has 28 heavy (non-hydrogen) atoms. The molecule has 144 valence electrons. The Hall–Kier alpha value is -2.87. The number of non-ortho nitro benzene ring substituents is 1. The fraction of sp³-hybridized carbons (Fsp3) is 0.250. The maximum atomic E-state index is 14.1. The molecule has 1 heterocycles. The van der Waals surface area contributed by atoms with Crippen molar-refractivity contribution in [2.45, 2.75) is 31.7 Å². The summed E-state index contributed by atoms with van der Waals surface area (Å²) in [6.45, 7) is 0. The maximum absolute atomic E-state index is 14.1. The van der Waals surface area contributed by atoms with Crippen LogP contribution >= 0.6 is 11.3 Å². The van der Waals surface area contributed by atoms with Crippen molar-refractivity contribution in [2.24, 2.45) is 4.99 Å². The molecule has 0 bridgehead atoms. The Morgan fingerprint density at radius 2 is 1.82 bits per heavy atom. The zero-order valence-electron chi connectivity index (χ0n) is 14.8. The summed E-state index contributed by atoms with van der Waals surface area (Å²) < 4.78 is 29.4. The summed E-state index contributed by atoms with van der Waals surface area (Å²) >= 11 is 1.38. The fourth-order valence-corrected chi connectivity index (χ4v) is 4.54. The molecule has 0 aliphatic heterocycles. The topological polar surface area (TPSA) is 60.4 Å². The molecule has 0 spiro atoms. The first-order valence-electron chi connectivity index (χ1n) is 8.97. The van der Waals surface area contributed by atoms with Gasteiger partial charge in [0, 0.05) is 29.6 Å². The summed E-state index contributed by atoms with van der Waals surface area (Å²) in [5.74, 6) is -1.35. The Bertz CT molecular complexity index is 1080. The number of aromatic nitrogens is 1. The Morgan fingerprint density at radius 1 is 1.11 bits per heavy atom. The summed E-state index contributed by atoms with van der Waals surface area (Å²) in [6.07, 6.45) is 4.21. The second-order valence-corrected chi connectivity index (χ2v) is 7.56. The average molecular weight is 401 g/mol. The molecule has 5 nitrogen and oxygen atoms in total. The van der Waals surface area contributed by atoms with E-state index in [4.69, 9.17) is 0 Å². The molecular weight excluding hydrogens is 384 g/mol. The van der Waals surface area contributed by atoms with Gasteiger partial charge in [0.05, 0.1) is 10.6 Å². The van der Waals surface area contributed by atoms with Crippen LogP contribution in [0.4, 0.5) is 20.2 Å². The molecule has 0 radical (unpaired) electrons. The first kappa shape index (κ1) is 18.5. The minimum atomic E-state index is -0.705. The number of thiazole rings is 1. The highest BCUT2D eigenvalue weighted by Crippen LogP contribution is 2.34. The van der Waals surface area contributed by atoms with E-state index in [0.29, 0.717) is 4.80 Å². The Morgan fingerprint density at radius 3 is 2.46 bits per heavy atom. The number of nitrogens with zero attached hydrogens (tertiary/aromatic N) is 3. The van der Waals surface area contributed by atoms with Gasteiger partial charge >= 0.3 is 0 Å². The molecule has 0 N–H and O–H groups in total. The monoisotopic (exact) mass is 401 g/mol. The quantitative estimate of drug-likeness (QED) is 0.413. The molecule has 1 aliphatic carbocycles. The van der Waals surface area contributed by atoms with Crippen molar-refractivity contribution in [2.75, 3.05) is 0 Å². The van der Waals surface area contributed by atoms with Crippen molar-refractivity contribution in [3.63, 3.8) is 0 Å². The second kappa shape index (κ2) is 7.63. The fourth-order valence-electron chi connectivity index (χ4n) is 3.56. The Balaban J connectivity index is 1.84. The smallest absolute Gasteiger partial charge is 0.269 e. The van der Waals surface area contributed by atoms with E-state index >= 15 is 0 Å². The summed E-state index contributed by atoms with van der Waals surface area (Å²) in [5, 5.41) is 12.8. The normalized spacial score (nSPS) is 15.3. The predicted octanol–water partition coefficient (Wildman–Crippen LogP) is 5.75. The predicted molar refractivity (Wildman–Crippen MR) is 103 cm³/mol. The van der Waals surface area contributed by atoms with Crippen LogP contribution in [0.1, 0.15) is 31.7 Å². The SMILES string of the molecule is O=[N+]([O-])c1ccc(-c2csc(=Nc3ccc(F)cc3F)n2C2CCCC2)cc1. The van der Waals surface area contributed by atoms with Gasteiger partial charge in [-0.2, -0.15) is 0 Å². The van der Waals surface area contributed by atoms with Crippen LogP contribution in [-0.2, 0) is 0 Å². The number of hydrogen-bond acceptors (Lipinski definition) is 4.